The Balaban J connectivity index is 1.85. The van der Waals surface area contributed by atoms with Crippen molar-refractivity contribution in [2.45, 2.75) is 25.9 Å². The van der Waals surface area contributed by atoms with E-state index in [1.54, 1.807) is 59.2 Å². The van der Waals surface area contributed by atoms with Gasteiger partial charge in [-0.05, 0) is 43.2 Å². The van der Waals surface area contributed by atoms with Gasteiger partial charge in [0, 0.05) is 22.7 Å². The Labute approximate surface area is 201 Å². The number of nitrogens with zero attached hydrogens (tertiary/aromatic N) is 2. The van der Waals surface area contributed by atoms with Crippen molar-refractivity contribution in [3.05, 3.63) is 117 Å². The van der Waals surface area contributed by atoms with Gasteiger partial charge in [0.1, 0.15) is 0 Å². The summed E-state index contributed by atoms with van der Waals surface area (Å²) >= 11 is 0. The van der Waals surface area contributed by atoms with Crippen LogP contribution in [0.3, 0.4) is 0 Å². The molecule has 0 amide bonds. The van der Waals surface area contributed by atoms with Crippen LogP contribution in [0.4, 0.5) is 0 Å². The minimum absolute atomic E-state index is 0.348. The first-order valence-corrected chi connectivity index (χ1v) is 11.4. The Hall–Kier alpha value is -4.39. The van der Waals surface area contributed by atoms with Crippen molar-refractivity contribution in [1.82, 2.24) is 14.1 Å². The second-order valence-electron chi connectivity index (χ2n) is 8.60. The monoisotopic (exact) mass is 467 g/mol. The molecule has 1 unspecified atom stereocenters. The van der Waals surface area contributed by atoms with E-state index in [1.807, 2.05) is 38.2 Å². The van der Waals surface area contributed by atoms with Crippen molar-refractivity contribution >= 4 is 27.8 Å². The summed E-state index contributed by atoms with van der Waals surface area (Å²) in [5.74, 6) is -0.687. The first-order valence-electron chi connectivity index (χ1n) is 11.4. The molecule has 0 aliphatic rings. The molecule has 1 N–H and O–H groups in total. The highest BCUT2D eigenvalue weighted by atomic mass is 16.5. The van der Waals surface area contributed by atoms with Crippen LogP contribution in [0.1, 0.15) is 35.7 Å². The first kappa shape index (κ1) is 22.4. The fourth-order valence-corrected chi connectivity index (χ4v) is 4.91. The number of nitrogens with one attached hydrogen (secondary N) is 1. The highest BCUT2D eigenvalue weighted by Crippen LogP contribution is 2.30. The van der Waals surface area contributed by atoms with Gasteiger partial charge in [0.2, 0.25) is 0 Å². The molecule has 5 rings (SSSR count). The van der Waals surface area contributed by atoms with E-state index in [0.29, 0.717) is 16.5 Å². The number of benzene rings is 3. The summed E-state index contributed by atoms with van der Waals surface area (Å²) < 4.78 is 7.64. The van der Waals surface area contributed by atoms with E-state index in [4.69, 9.17) is 4.74 Å². The molecule has 0 aliphatic heterocycles. The number of fused-ring (bicyclic) bond motifs is 2. The Morgan fingerprint density at radius 2 is 1.63 bits per heavy atom. The number of hydrogen-bond donors (Lipinski definition) is 1. The number of aryl methyl sites for hydroxylation is 1. The smallest absolute Gasteiger partial charge is 0.333 e. The summed E-state index contributed by atoms with van der Waals surface area (Å²) in [5.41, 5.74) is 2.85. The number of methoxy groups -OCH3 is 1. The van der Waals surface area contributed by atoms with E-state index in [-0.39, 0.29) is 0 Å². The van der Waals surface area contributed by atoms with Crippen LogP contribution in [0.15, 0.2) is 88.6 Å². The second-order valence-corrected chi connectivity index (χ2v) is 8.60. The third-order valence-electron chi connectivity index (χ3n) is 6.60. The van der Waals surface area contributed by atoms with E-state index in [0.717, 1.165) is 26.6 Å². The lowest BCUT2D eigenvalue weighted by Crippen LogP contribution is -2.46. The van der Waals surface area contributed by atoms with Crippen molar-refractivity contribution in [1.29, 1.82) is 0 Å². The number of H-pyrrole nitrogens is 1. The van der Waals surface area contributed by atoms with Gasteiger partial charge in [0.15, 0.2) is 6.04 Å². The Morgan fingerprint density at radius 1 is 0.914 bits per heavy atom. The van der Waals surface area contributed by atoms with Crippen LogP contribution < -0.4 is 11.2 Å². The SMILES string of the molecule is COC(=O)[C@H](c1ccccc1)n1c(=O)c2ccccc2n(C(C)c2c[nH]c3cccc(C)c23)c1=O. The Bertz CT molecular complexity index is 1680. The molecule has 3 aromatic carbocycles. The molecule has 0 aliphatic carbocycles. The predicted octanol–water partition coefficient (Wildman–Crippen LogP) is 4.32. The zero-order valence-electron chi connectivity index (χ0n) is 19.7. The van der Waals surface area contributed by atoms with E-state index in [1.165, 1.54) is 7.11 Å². The number of hydrogen-bond acceptors (Lipinski definition) is 4. The van der Waals surface area contributed by atoms with E-state index in [9.17, 15) is 14.4 Å². The average Bonchev–Trinajstić information content (AvgIpc) is 3.32. The number of aromatic amines is 1. The van der Waals surface area contributed by atoms with E-state index >= 15 is 0 Å². The van der Waals surface area contributed by atoms with Crippen molar-refractivity contribution in [3.8, 4) is 0 Å². The molecule has 2 atom stereocenters. The zero-order valence-corrected chi connectivity index (χ0v) is 19.7. The molecule has 0 saturated carbocycles. The molecule has 0 fully saturated rings. The first-order chi connectivity index (χ1) is 16.9. The van der Waals surface area contributed by atoms with Gasteiger partial charge in [-0.1, -0.05) is 54.6 Å². The van der Waals surface area contributed by atoms with Gasteiger partial charge in [-0.15, -0.1) is 0 Å². The summed E-state index contributed by atoms with van der Waals surface area (Å²) in [7, 11) is 1.25. The van der Waals surface area contributed by atoms with Gasteiger partial charge in [-0.2, -0.15) is 0 Å². The van der Waals surface area contributed by atoms with Crippen LogP contribution in [0, 0.1) is 6.92 Å². The standard InChI is InChI=1S/C28H25N3O4/c1-17-10-9-14-22-24(17)21(16-29-22)18(2)30-23-15-8-7-13-20(23)26(32)31(28(30)34)25(27(33)35-3)19-11-5-4-6-12-19/h4-16,18,25,29H,1-3H3/t18?,25-/m0/s1. The van der Waals surface area contributed by atoms with Gasteiger partial charge in [0.05, 0.1) is 24.1 Å². The fourth-order valence-electron chi connectivity index (χ4n) is 4.91. The molecule has 35 heavy (non-hydrogen) atoms. The zero-order chi connectivity index (χ0) is 24.7. The lowest BCUT2D eigenvalue weighted by molar-refractivity contribution is -0.143. The van der Waals surface area contributed by atoms with Crippen molar-refractivity contribution in [2.24, 2.45) is 0 Å². The van der Waals surface area contributed by atoms with Crippen molar-refractivity contribution in [2.75, 3.05) is 7.11 Å². The van der Waals surface area contributed by atoms with E-state index in [2.05, 4.69) is 4.98 Å². The molecule has 0 saturated heterocycles. The summed E-state index contributed by atoms with van der Waals surface area (Å²) in [6.45, 7) is 3.95. The molecule has 7 heteroatoms. The van der Waals surface area contributed by atoms with Crippen LogP contribution in [0.2, 0.25) is 0 Å². The normalized spacial score (nSPS) is 13.1. The van der Waals surface area contributed by atoms with Crippen molar-refractivity contribution in [3.63, 3.8) is 0 Å². The highest BCUT2D eigenvalue weighted by Gasteiger charge is 2.30. The Kier molecular flexibility index (Phi) is 5.61. The molecule has 2 heterocycles. The molecule has 0 bridgehead atoms. The van der Waals surface area contributed by atoms with Crippen LogP contribution in [0.25, 0.3) is 21.8 Å². The van der Waals surface area contributed by atoms with Crippen LogP contribution in [0.5, 0.6) is 0 Å². The number of rotatable bonds is 5. The lowest BCUT2D eigenvalue weighted by Gasteiger charge is -2.23. The molecular weight excluding hydrogens is 442 g/mol. The topological polar surface area (TPSA) is 86.1 Å². The number of ether oxygens (including phenoxy) is 1. The van der Waals surface area contributed by atoms with Gasteiger partial charge >= 0.3 is 11.7 Å². The molecule has 7 nitrogen and oxygen atoms in total. The van der Waals surface area contributed by atoms with Gasteiger partial charge in [0.25, 0.3) is 5.56 Å². The molecule has 0 radical (unpaired) electrons. The van der Waals surface area contributed by atoms with Crippen LogP contribution >= 0.6 is 0 Å². The second kappa shape index (κ2) is 8.76. The number of para-hydroxylation sites is 1. The maximum Gasteiger partial charge on any atom is 0.333 e. The minimum Gasteiger partial charge on any atom is -0.467 e. The summed E-state index contributed by atoms with van der Waals surface area (Å²) in [6, 6.07) is 20.1. The van der Waals surface area contributed by atoms with Gasteiger partial charge in [-0.25, -0.2) is 14.2 Å². The molecule has 0 spiro atoms. The number of carbonyl (C=O) groups is 1. The third kappa shape index (κ3) is 3.56. The number of aromatic nitrogens is 3. The quantitative estimate of drug-likeness (QED) is 0.390. The largest absolute Gasteiger partial charge is 0.467 e. The minimum atomic E-state index is -1.21. The highest BCUT2D eigenvalue weighted by molar-refractivity contribution is 5.87. The number of carbonyl (C=O) groups excluding carboxylic acids is 1. The van der Waals surface area contributed by atoms with Crippen molar-refractivity contribution < 1.29 is 9.53 Å². The van der Waals surface area contributed by atoms with Crippen LogP contribution in [-0.4, -0.2) is 27.2 Å². The van der Waals surface area contributed by atoms with Gasteiger partial charge < -0.3 is 9.72 Å². The number of esters is 1. The summed E-state index contributed by atoms with van der Waals surface area (Å²) in [6.07, 6.45) is 1.90. The molecule has 5 aromatic rings. The lowest BCUT2D eigenvalue weighted by atomic mass is 10.0. The molecular formula is C28H25N3O4. The predicted molar refractivity (Wildman–Crippen MR) is 136 cm³/mol. The maximum absolute atomic E-state index is 14.1. The molecule has 176 valence electrons. The Morgan fingerprint density at radius 3 is 2.37 bits per heavy atom. The van der Waals surface area contributed by atoms with E-state index < -0.39 is 29.3 Å². The maximum atomic E-state index is 14.1. The third-order valence-corrected chi connectivity index (χ3v) is 6.60. The average molecular weight is 468 g/mol. The summed E-state index contributed by atoms with van der Waals surface area (Å²) in [4.78, 5) is 44.0. The van der Waals surface area contributed by atoms with Gasteiger partial charge in [-0.3, -0.25) is 9.36 Å². The summed E-state index contributed by atoms with van der Waals surface area (Å²) in [5, 5.41) is 1.38. The molecule has 2 aromatic heterocycles. The fraction of sp³-hybridized carbons (Fsp3) is 0.179. The van der Waals surface area contributed by atoms with Crippen LogP contribution in [-0.2, 0) is 9.53 Å².